The minimum Gasteiger partial charge on any atom is -0.465 e. The number of halogens is 1. The quantitative estimate of drug-likeness (QED) is 0.540. The van der Waals surface area contributed by atoms with Crippen molar-refractivity contribution in [2.45, 2.75) is 0 Å². The molecule has 0 radical (unpaired) electrons. The minimum absolute atomic E-state index is 0.347. The summed E-state index contributed by atoms with van der Waals surface area (Å²) in [7, 11) is 1.32. The molecule has 1 heterocycles. The van der Waals surface area contributed by atoms with E-state index in [0.29, 0.717) is 27.7 Å². The highest BCUT2D eigenvalue weighted by Gasteiger charge is 2.11. The van der Waals surface area contributed by atoms with Crippen molar-refractivity contribution in [1.29, 1.82) is 0 Å². The molecule has 7 heteroatoms. The van der Waals surface area contributed by atoms with Gasteiger partial charge >= 0.3 is 5.97 Å². The smallest absolute Gasteiger partial charge is 0.340 e. The van der Waals surface area contributed by atoms with Crippen LogP contribution in [0, 0.1) is 0 Å². The lowest BCUT2D eigenvalue weighted by atomic mass is 10.1. The van der Waals surface area contributed by atoms with Crippen molar-refractivity contribution in [1.82, 2.24) is 10.2 Å². The number of nitrogens with one attached hydrogen (secondary N) is 1. The number of methoxy groups -OCH3 is 1. The Morgan fingerprint density at radius 2 is 1.79 bits per heavy atom. The maximum Gasteiger partial charge on any atom is 0.340 e. The van der Waals surface area contributed by atoms with E-state index in [4.69, 9.17) is 16.3 Å². The lowest BCUT2D eigenvalue weighted by Crippen LogP contribution is -2.00. The Kier molecular flexibility index (Phi) is 4.67. The SMILES string of the molecule is COC(=O)c1ccccc1N=Nc1cn[nH]c1-c1ccc(Cl)cc1. The minimum atomic E-state index is -0.463. The Balaban J connectivity index is 1.93. The van der Waals surface area contributed by atoms with Crippen molar-refractivity contribution in [3.05, 3.63) is 65.3 Å². The number of carbonyl (C=O) groups is 1. The molecule has 3 aromatic rings. The van der Waals surface area contributed by atoms with E-state index in [1.165, 1.54) is 7.11 Å². The molecule has 0 aliphatic rings. The predicted octanol–water partition coefficient (Wildman–Crippen LogP) is 4.93. The van der Waals surface area contributed by atoms with E-state index in [1.54, 1.807) is 42.6 Å². The fourth-order valence-corrected chi connectivity index (χ4v) is 2.26. The van der Waals surface area contributed by atoms with Crippen LogP contribution in [0.2, 0.25) is 5.02 Å². The summed E-state index contributed by atoms with van der Waals surface area (Å²) >= 11 is 5.90. The number of azo groups is 1. The van der Waals surface area contributed by atoms with E-state index >= 15 is 0 Å². The molecule has 0 unspecified atom stereocenters. The Bertz CT molecular complexity index is 888. The van der Waals surface area contributed by atoms with Crippen molar-refractivity contribution < 1.29 is 9.53 Å². The number of nitrogens with zero attached hydrogens (tertiary/aromatic N) is 3. The molecule has 0 saturated carbocycles. The molecule has 0 spiro atoms. The van der Waals surface area contributed by atoms with Gasteiger partial charge in [-0.3, -0.25) is 5.10 Å². The van der Waals surface area contributed by atoms with Gasteiger partial charge in [0, 0.05) is 10.6 Å². The van der Waals surface area contributed by atoms with Crippen molar-refractivity contribution in [2.75, 3.05) is 7.11 Å². The molecule has 24 heavy (non-hydrogen) atoms. The molecule has 3 rings (SSSR count). The fourth-order valence-electron chi connectivity index (χ4n) is 2.14. The van der Waals surface area contributed by atoms with Crippen molar-refractivity contribution in [2.24, 2.45) is 10.2 Å². The van der Waals surface area contributed by atoms with Gasteiger partial charge in [0.15, 0.2) is 0 Å². The van der Waals surface area contributed by atoms with Gasteiger partial charge in [0.05, 0.1) is 24.6 Å². The van der Waals surface area contributed by atoms with Crippen LogP contribution in [0.15, 0.2) is 65.0 Å². The first-order chi connectivity index (χ1) is 11.7. The van der Waals surface area contributed by atoms with Gasteiger partial charge < -0.3 is 4.74 Å². The van der Waals surface area contributed by atoms with Crippen LogP contribution in [-0.2, 0) is 4.74 Å². The van der Waals surface area contributed by atoms with E-state index in [-0.39, 0.29) is 0 Å². The fraction of sp³-hybridized carbons (Fsp3) is 0.0588. The normalized spacial score (nSPS) is 10.9. The number of esters is 1. The third kappa shape index (κ3) is 3.33. The summed E-state index contributed by atoms with van der Waals surface area (Å²) in [6, 6.07) is 14.1. The number of benzene rings is 2. The van der Waals surface area contributed by atoms with Gasteiger partial charge in [0.2, 0.25) is 0 Å². The van der Waals surface area contributed by atoms with Crippen molar-refractivity contribution in [3.63, 3.8) is 0 Å². The molecule has 0 aliphatic carbocycles. The second-order valence-corrected chi connectivity index (χ2v) is 5.28. The maximum absolute atomic E-state index is 11.8. The number of carbonyl (C=O) groups excluding carboxylic acids is 1. The van der Waals surface area contributed by atoms with E-state index in [2.05, 4.69) is 20.4 Å². The monoisotopic (exact) mass is 340 g/mol. The maximum atomic E-state index is 11.8. The molecule has 0 amide bonds. The van der Waals surface area contributed by atoms with Crippen LogP contribution in [0.3, 0.4) is 0 Å². The highest BCUT2D eigenvalue weighted by molar-refractivity contribution is 6.30. The standard InChI is InChI=1S/C17H13ClN4O2/c1-24-17(23)13-4-2-3-5-14(13)20-21-15-10-19-22-16(15)11-6-8-12(18)9-7-11/h2-10H,1H3,(H,19,22). The van der Waals surface area contributed by atoms with Crippen LogP contribution >= 0.6 is 11.6 Å². The van der Waals surface area contributed by atoms with E-state index in [9.17, 15) is 4.79 Å². The number of aromatic nitrogens is 2. The summed E-state index contributed by atoms with van der Waals surface area (Å²) in [6.07, 6.45) is 1.56. The summed E-state index contributed by atoms with van der Waals surface area (Å²) < 4.78 is 4.75. The summed E-state index contributed by atoms with van der Waals surface area (Å²) in [5.41, 5.74) is 2.92. The number of hydrogen-bond acceptors (Lipinski definition) is 5. The molecule has 0 atom stereocenters. The van der Waals surface area contributed by atoms with Gasteiger partial charge in [-0.25, -0.2) is 4.79 Å². The lowest BCUT2D eigenvalue weighted by Gasteiger charge is -2.02. The van der Waals surface area contributed by atoms with Crippen molar-refractivity contribution >= 4 is 28.9 Å². The van der Waals surface area contributed by atoms with E-state index < -0.39 is 5.97 Å². The topological polar surface area (TPSA) is 79.7 Å². The average molecular weight is 341 g/mol. The summed E-state index contributed by atoms with van der Waals surface area (Å²) in [6.45, 7) is 0. The van der Waals surface area contributed by atoms with Crippen LogP contribution < -0.4 is 0 Å². The highest BCUT2D eigenvalue weighted by atomic mass is 35.5. The van der Waals surface area contributed by atoms with Gasteiger partial charge in [-0.05, 0) is 24.3 Å². The number of hydrogen-bond donors (Lipinski definition) is 1. The van der Waals surface area contributed by atoms with Gasteiger partial charge in [-0.2, -0.15) is 5.10 Å². The average Bonchev–Trinajstić information content (AvgIpc) is 3.08. The summed E-state index contributed by atoms with van der Waals surface area (Å²) in [5.74, 6) is -0.463. The summed E-state index contributed by atoms with van der Waals surface area (Å²) in [4.78, 5) is 11.8. The zero-order valence-corrected chi connectivity index (χ0v) is 13.5. The Morgan fingerprint density at radius 3 is 2.54 bits per heavy atom. The largest absolute Gasteiger partial charge is 0.465 e. The van der Waals surface area contributed by atoms with Crippen molar-refractivity contribution in [3.8, 4) is 11.3 Å². The number of rotatable bonds is 4. The van der Waals surface area contributed by atoms with Gasteiger partial charge in [0.25, 0.3) is 0 Å². The first-order valence-electron chi connectivity index (χ1n) is 7.07. The van der Waals surface area contributed by atoms with E-state index in [1.807, 2.05) is 12.1 Å². The first kappa shape index (κ1) is 15.9. The Labute approximate surface area is 143 Å². The molecule has 0 aliphatic heterocycles. The van der Waals surface area contributed by atoms with Gasteiger partial charge in [-0.1, -0.05) is 35.9 Å². The zero-order valence-electron chi connectivity index (χ0n) is 12.7. The van der Waals surface area contributed by atoms with Crippen LogP contribution in [0.5, 0.6) is 0 Å². The second-order valence-electron chi connectivity index (χ2n) is 4.85. The molecule has 1 N–H and O–H groups in total. The molecule has 0 fully saturated rings. The summed E-state index contributed by atoms with van der Waals surface area (Å²) in [5, 5.41) is 15.9. The number of aromatic amines is 1. The van der Waals surface area contributed by atoms with E-state index in [0.717, 1.165) is 5.56 Å². The lowest BCUT2D eigenvalue weighted by molar-refractivity contribution is 0.0601. The van der Waals surface area contributed by atoms with Gasteiger partial charge in [0.1, 0.15) is 11.4 Å². The number of H-pyrrole nitrogens is 1. The molecule has 120 valence electrons. The highest BCUT2D eigenvalue weighted by Crippen LogP contribution is 2.30. The van der Waals surface area contributed by atoms with Crippen LogP contribution in [0.1, 0.15) is 10.4 Å². The molecular weight excluding hydrogens is 328 g/mol. The molecule has 6 nitrogen and oxygen atoms in total. The Morgan fingerprint density at radius 1 is 1.08 bits per heavy atom. The van der Waals surface area contributed by atoms with Crippen LogP contribution in [0.4, 0.5) is 11.4 Å². The third-order valence-electron chi connectivity index (χ3n) is 3.33. The predicted molar refractivity (Wildman–Crippen MR) is 91.0 cm³/mol. The van der Waals surface area contributed by atoms with Gasteiger partial charge in [-0.15, -0.1) is 10.2 Å². The van der Waals surface area contributed by atoms with Crippen LogP contribution in [0.25, 0.3) is 11.3 Å². The van der Waals surface area contributed by atoms with Crippen LogP contribution in [-0.4, -0.2) is 23.3 Å². The second kappa shape index (κ2) is 7.06. The molecular formula is C17H13ClN4O2. The number of ether oxygens (including phenoxy) is 1. The Hall–Kier alpha value is -2.99. The molecule has 1 aromatic heterocycles. The molecule has 2 aromatic carbocycles. The third-order valence-corrected chi connectivity index (χ3v) is 3.58. The molecule has 0 bridgehead atoms. The molecule has 0 saturated heterocycles. The first-order valence-corrected chi connectivity index (χ1v) is 7.45. The zero-order chi connectivity index (χ0) is 16.9.